The van der Waals surface area contributed by atoms with Gasteiger partial charge in [-0.15, -0.1) is 22.7 Å². The molecule has 3 heteroatoms. The average molecular weight is 516 g/mol. The minimum Gasteiger partial charge on any atom is -0.261 e. The van der Waals surface area contributed by atoms with Crippen molar-refractivity contribution >= 4 is 22.7 Å². The van der Waals surface area contributed by atoms with Gasteiger partial charge in [0.2, 0.25) is 0 Å². The van der Waals surface area contributed by atoms with Crippen LogP contribution in [-0.2, 0) is 0 Å². The van der Waals surface area contributed by atoms with Crippen LogP contribution in [0.2, 0.25) is 0 Å². The van der Waals surface area contributed by atoms with Crippen molar-refractivity contribution in [3.63, 3.8) is 0 Å². The summed E-state index contributed by atoms with van der Waals surface area (Å²) in [6.07, 6.45) is 1.87. The van der Waals surface area contributed by atoms with Gasteiger partial charge in [0.1, 0.15) is 0 Å². The van der Waals surface area contributed by atoms with Gasteiger partial charge in [-0.2, -0.15) is 0 Å². The lowest BCUT2D eigenvalue weighted by Crippen LogP contribution is -1.78. The van der Waals surface area contributed by atoms with Crippen LogP contribution in [0.15, 0.2) is 66.2 Å². The summed E-state index contributed by atoms with van der Waals surface area (Å²) in [7, 11) is 0. The van der Waals surface area contributed by atoms with Crippen molar-refractivity contribution in [2.24, 2.45) is 0 Å². The zero-order valence-corrected chi connectivity index (χ0v) is 23.2. The average Bonchev–Trinajstić information content (AvgIpc) is 3.35. The normalized spacial score (nSPS) is 8.17. The van der Waals surface area contributed by atoms with Gasteiger partial charge in [-0.1, -0.05) is 77.6 Å². The zero-order chi connectivity index (χ0) is 24.5. The number of aryl methyl sites for hydroxylation is 8. The van der Waals surface area contributed by atoms with E-state index >= 15 is 0 Å². The second-order valence-electron chi connectivity index (χ2n) is 7.52. The Labute approximate surface area is 227 Å². The van der Waals surface area contributed by atoms with Gasteiger partial charge in [0.25, 0.3) is 0 Å². The van der Waals surface area contributed by atoms with Crippen LogP contribution in [0.4, 0.5) is 0 Å². The quantitative estimate of drug-likeness (QED) is 0.227. The van der Waals surface area contributed by atoms with E-state index in [2.05, 4.69) is 100 Å². The SMILES string of the molecule is C.C.C.CC.Cc1ccc(C)cc1.Cc1ccc(C)nc1.Cc1ccc(C)s1.Cc1csc(C)c1. The number of thiophene rings is 2. The van der Waals surface area contributed by atoms with Gasteiger partial charge in [0, 0.05) is 26.5 Å². The van der Waals surface area contributed by atoms with Crippen LogP contribution in [0, 0.1) is 55.4 Å². The van der Waals surface area contributed by atoms with Gasteiger partial charge >= 0.3 is 0 Å². The molecule has 0 spiro atoms. The van der Waals surface area contributed by atoms with Gasteiger partial charge in [-0.05, 0) is 96.2 Å². The molecule has 0 saturated carbocycles. The highest BCUT2D eigenvalue weighted by Gasteiger charge is 1.85. The van der Waals surface area contributed by atoms with Crippen LogP contribution in [0.25, 0.3) is 0 Å². The third-order valence-corrected chi connectivity index (χ3v) is 5.91. The second kappa shape index (κ2) is 23.5. The van der Waals surface area contributed by atoms with Crippen LogP contribution in [0.1, 0.15) is 78.7 Å². The number of hydrogen-bond donors (Lipinski definition) is 0. The van der Waals surface area contributed by atoms with Crippen LogP contribution in [-0.4, -0.2) is 4.98 Å². The van der Waals surface area contributed by atoms with Crippen molar-refractivity contribution in [3.8, 4) is 0 Å². The summed E-state index contributed by atoms with van der Waals surface area (Å²) in [4.78, 5) is 8.28. The molecule has 0 aliphatic heterocycles. The summed E-state index contributed by atoms with van der Waals surface area (Å²) in [5.41, 5.74) is 6.33. The molecule has 35 heavy (non-hydrogen) atoms. The molecule has 0 saturated heterocycles. The predicted molar refractivity (Wildman–Crippen MR) is 169 cm³/mol. The van der Waals surface area contributed by atoms with E-state index in [1.165, 1.54) is 36.9 Å². The van der Waals surface area contributed by atoms with E-state index in [1.54, 1.807) is 11.3 Å². The van der Waals surface area contributed by atoms with Crippen LogP contribution in [0.5, 0.6) is 0 Å². The first-order valence-corrected chi connectivity index (χ1v) is 12.8. The van der Waals surface area contributed by atoms with Crippen molar-refractivity contribution in [1.29, 1.82) is 0 Å². The topological polar surface area (TPSA) is 12.9 Å². The number of aromatic nitrogens is 1. The Hall–Kier alpha value is -2.23. The third-order valence-electron chi connectivity index (χ3n) is 4.01. The molecule has 4 aromatic rings. The lowest BCUT2D eigenvalue weighted by Gasteiger charge is -1.90. The van der Waals surface area contributed by atoms with Crippen molar-refractivity contribution < 1.29 is 0 Å². The molecule has 0 aliphatic rings. The Morgan fingerprint density at radius 3 is 1.14 bits per heavy atom. The fourth-order valence-electron chi connectivity index (χ4n) is 2.31. The van der Waals surface area contributed by atoms with Crippen LogP contribution in [0.3, 0.4) is 0 Å². The smallest absolute Gasteiger partial charge is 0.0372 e. The maximum absolute atomic E-state index is 4.08. The van der Waals surface area contributed by atoms with Gasteiger partial charge in [0.05, 0.1) is 0 Å². The fourth-order valence-corrected chi connectivity index (χ4v) is 3.78. The van der Waals surface area contributed by atoms with Crippen molar-refractivity contribution in [2.75, 3.05) is 0 Å². The summed E-state index contributed by atoms with van der Waals surface area (Å²) in [6, 6.07) is 19.0. The van der Waals surface area contributed by atoms with Crippen molar-refractivity contribution in [2.45, 2.75) is 91.5 Å². The molecule has 0 atom stereocenters. The number of benzene rings is 1. The Kier molecular flexibility index (Phi) is 26.8. The first-order chi connectivity index (χ1) is 15.2. The molecule has 1 nitrogen and oxygen atoms in total. The lowest BCUT2D eigenvalue weighted by atomic mass is 10.2. The molecule has 0 N–H and O–H groups in total. The zero-order valence-electron chi connectivity index (χ0n) is 21.6. The maximum Gasteiger partial charge on any atom is 0.0372 e. The number of nitrogens with zero attached hydrogens (tertiary/aromatic N) is 1. The predicted octanol–water partition coefficient (Wildman–Crippen LogP) is 11.7. The molecule has 198 valence electrons. The third kappa shape index (κ3) is 22.0. The Balaban J connectivity index is -0.000000174. The minimum absolute atomic E-state index is 0. The van der Waals surface area contributed by atoms with E-state index in [9.17, 15) is 0 Å². The van der Waals surface area contributed by atoms with E-state index < -0.39 is 0 Å². The Morgan fingerprint density at radius 1 is 0.514 bits per heavy atom. The number of hydrogen-bond acceptors (Lipinski definition) is 3. The molecular formula is C32H53NS2. The highest BCUT2D eigenvalue weighted by molar-refractivity contribution is 7.11. The van der Waals surface area contributed by atoms with Gasteiger partial charge < -0.3 is 0 Å². The molecule has 3 aromatic heterocycles. The van der Waals surface area contributed by atoms with E-state index in [0.29, 0.717) is 0 Å². The Morgan fingerprint density at radius 2 is 0.943 bits per heavy atom. The highest BCUT2D eigenvalue weighted by atomic mass is 32.1. The number of pyridine rings is 1. The largest absolute Gasteiger partial charge is 0.261 e. The first kappa shape index (κ1) is 40.0. The monoisotopic (exact) mass is 515 g/mol. The first-order valence-electron chi connectivity index (χ1n) is 11.1. The molecular weight excluding hydrogens is 462 g/mol. The molecule has 0 fully saturated rings. The standard InChI is InChI=1S/C8H10.C7H9N.2C6H8S.C2H6.3CH4/c1-7-3-5-8(2)6-4-7;1-6-3-4-7(2)8-5-6;1-5-3-6(2)7-4-5;1-5-3-4-6(2)7-5;1-2;;;/h3-6H,1-2H3;3-5H,1-2H3;2*3-4H,1-2H3;1-2H3;3*1H4. The molecule has 0 unspecified atom stereocenters. The summed E-state index contributed by atoms with van der Waals surface area (Å²) < 4.78 is 0. The lowest BCUT2D eigenvalue weighted by molar-refractivity contribution is 1.17. The van der Waals surface area contributed by atoms with E-state index in [-0.39, 0.29) is 22.3 Å². The van der Waals surface area contributed by atoms with E-state index in [0.717, 1.165) is 5.69 Å². The maximum atomic E-state index is 4.08. The van der Waals surface area contributed by atoms with Gasteiger partial charge in [-0.3, -0.25) is 4.98 Å². The Bertz CT molecular complexity index is 805. The van der Waals surface area contributed by atoms with Crippen LogP contribution >= 0.6 is 22.7 Å². The fraction of sp³-hybridized carbons (Fsp3) is 0.406. The van der Waals surface area contributed by atoms with Gasteiger partial charge in [0.15, 0.2) is 0 Å². The molecule has 1 aromatic carbocycles. The molecule has 4 rings (SSSR count). The van der Waals surface area contributed by atoms with Gasteiger partial charge in [-0.25, -0.2) is 0 Å². The second-order valence-corrected chi connectivity index (χ2v) is 10.1. The molecule has 3 heterocycles. The molecule has 0 bridgehead atoms. The van der Waals surface area contributed by atoms with Crippen LogP contribution < -0.4 is 0 Å². The highest BCUT2D eigenvalue weighted by Crippen LogP contribution is 2.12. The van der Waals surface area contributed by atoms with E-state index in [4.69, 9.17) is 0 Å². The summed E-state index contributed by atoms with van der Waals surface area (Å²) in [6.45, 7) is 20.7. The van der Waals surface area contributed by atoms with Crippen molar-refractivity contribution in [1.82, 2.24) is 4.98 Å². The summed E-state index contributed by atoms with van der Waals surface area (Å²) >= 11 is 3.65. The van der Waals surface area contributed by atoms with E-state index in [1.807, 2.05) is 51.3 Å². The summed E-state index contributed by atoms with van der Waals surface area (Å²) in [5, 5.41) is 2.16. The minimum atomic E-state index is 0. The summed E-state index contributed by atoms with van der Waals surface area (Å²) in [5.74, 6) is 0. The molecule has 0 amide bonds. The van der Waals surface area contributed by atoms with Crippen molar-refractivity contribution in [3.05, 3.63) is 109 Å². The number of rotatable bonds is 0. The molecule has 0 radical (unpaired) electrons. The molecule has 0 aliphatic carbocycles.